The van der Waals surface area contributed by atoms with Gasteiger partial charge in [-0.25, -0.2) is 0 Å². The number of rotatable bonds is 6. The molecule has 0 aromatic heterocycles. The van der Waals surface area contributed by atoms with Gasteiger partial charge in [-0.1, -0.05) is 18.2 Å². The average molecular weight is 278 g/mol. The smallest absolute Gasteiger partial charge is 0.124 e. The molecule has 1 N–H and O–H groups in total. The summed E-state index contributed by atoms with van der Waals surface area (Å²) in [6.45, 7) is 8.56. The Morgan fingerprint density at radius 3 is 2.95 bits per heavy atom. The van der Waals surface area contributed by atoms with Crippen LogP contribution in [0.25, 0.3) is 0 Å². The summed E-state index contributed by atoms with van der Waals surface area (Å²) >= 11 is 0. The summed E-state index contributed by atoms with van der Waals surface area (Å²) in [5, 5.41) is 3.37. The van der Waals surface area contributed by atoms with Gasteiger partial charge in [0.05, 0.1) is 19.3 Å². The largest absolute Gasteiger partial charge is 0.494 e. The van der Waals surface area contributed by atoms with E-state index in [-0.39, 0.29) is 6.10 Å². The molecule has 1 saturated heterocycles. The minimum absolute atomic E-state index is 0.274. The number of para-hydroxylation sites is 1. The fraction of sp³-hybridized carbons (Fsp3) is 0.625. The Labute approximate surface area is 122 Å². The normalized spacial score (nSPS) is 20.9. The maximum Gasteiger partial charge on any atom is 0.124 e. The predicted octanol–water partition coefficient (Wildman–Crippen LogP) is 2.07. The summed E-state index contributed by atoms with van der Waals surface area (Å²) in [4.78, 5) is 2.33. The molecular weight excluding hydrogens is 252 g/mol. The van der Waals surface area contributed by atoms with Crippen LogP contribution in [0, 0.1) is 0 Å². The highest BCUT2D eigenvalue weighted by Crippen LogP contribution is 2.28. The quantitative estimate of drug-likeness (QED) is 0.863. The second kappa shape index (κ2) is 7.62. The van der Waals surface area contributed by atoms with Crippen molar-refractivity contribution in [2.45, 2.75) is 26.0 Å². The van der Waals surface area contributed by atoms with Crippen LogP contribution in [0.4, 0.5) is 0 Å². The molecule has 2 unspecified atom stereocenters. The van der Waals surface area contributed by atoms with Gasteiger partial charge in [0.15, 0.2) is 0 Å². The molecule has 0 amide bonds. The van der Waals surface area contributed by atoms with E-state index in [1.807, 2.05) is 19.1 Å². The minimum atomic E-state index is 0.274. The first-order chi connectivity index (χ1) is 9.72. The zero-order valence-corrected chi connectivity index (χ0v) is 12.8. The van der Waals surface area contributed by atoms with Crippen molar-refractivity contribution in [3.8, 4) is 5.75 Å². The summed E-state index contributed by atoms with van der Waals surface area (Å²) in [6, 6.07) is 8.59. The van der Waals surface area contributed by atoms with Crippen molar-refractivity contribution in [1.82, 2.24) is 10.2 Å². The fourth-order valence-electron chi connectivity index (χ4n) is 2.57. The first-order valence-electron chi connectivity index (χ1n) is 7.46. The van der Waals surface area contributed by atoms with Gasteiger partial charge in [-0.15, -0.1) is 0 Å². The van der Waals surface area contributed by atoms with Crippen molar-refractivity contribution in [2.24, 2.45) is 0 Å². The number of nitrogens with zero attached hydrogens (tertiary/aromatic N) is 1. The van der Waals surface area contributed by atoms with Crippen LogP contribution in [0.1, 0.15) is 25.5 Å². The van der Waals surface area contributed by atoms with Crippen molar-refractivity contribution in [3.05, 3.63) is 29.8 Å². The summed E-state index contributed by atoms with van der Waals surface area (Å²) in [6.07, 6.45) is 0.274. The molecule has 1 fully saturated rings. The predicted molar refractivity (Wildman–Crippen MR) is 81.3 cm³/mol. The van der Waals surface area contributed by atoms with E-state index >= 15 is 0 Å². The molecule has 0 radical (unpaired) electrons. The molecule has 0 spiro atoms. The Morgan fingerprint density at radius 2 is 2.25 bits per heavy atom. The highest BCUT2D eigenvalue weighted by Gasteiger charge is 2.21. The van der Waals surface area contributed by atoms with Crippen molar-refractivity contribution >= 4 is 0 Å². The maximum atomic E-state index is 5.78. The molecule has 0 aliphatic carbocycles. The third-order valence-corrected chi connectivity index (χ3v) is 3.83. The van der Waals surface area contributed by atoms with Crippen LogP contribution in [-0.4, -0.2) is 50.9 Å². The number of morpholine rings is 1. The minimum Gasteiger partial charge on any atom is -0.494 e. The Morgan fingerprint density at radius 1 is 1.45 bits per heavy atom. The summed E-state index contributed by atoms with van der Waals surface area (Å²) < 4.78 is 11.5. The van der Waals surface area contributed by atoms with Gasteiger partial charge >= 0.3 is 0 Å². The molecule has 1 heterocycles. The summed E-state index contributed by atoms with van der Waals surface area (Å²) in [5.41, 5.74) is 1.24. The van der Waals surface area contributed by atoms with Gasteiger partial charge in [-0.3, -0.25) is 4.90 Å². The third-order valence-electron chi connectivity index (χ3n) is 3.83. The fourth-order valence-corrected chi connectivity index (χ4v) is 2.57. The zero-order chi connectivity index (χ0) is 14.4. The second-order valence-electron chi connectivity index (χ2n) is 5.28. The van der Waals surface area contributed by atoms with Crippen LogP contribution >= 0.6 is 0 Å². The van der Waals surface area contributed by atoms with Crippen LogP contribution in [0.15, 0.2) is 24.3 Å². The topological polar surface area (TPSA) is 33.7 Å². The molecular formula is C16H26N2O2. The van der Waals surface area contributed by atoms with Gasteiger partial charge in [0.1, 0.15) is 5.75 Å². The number of benzene rings is 1. The van der Waals surface area contributed by atoms with Crippen molar-refractivity contribution in [1.29, 1.82) is 0 Å². The van der Waals surface area contributed by atoms with Crippen LogP contribution < -0.4 is 10.1 Å². The van der Waals surface area contributed by atoms with Gasteiger partial charge < -0.3 is 14.8 Å². The van der Waals surface area contributed by atoms with E-state index in [1.165, 1.54) is 5.56 Å². The SMILES string of the molecule is CCOc1ccccc1C(C)N(C)CC1CNCCO1. The van der Waals surface area contributed by atoms with Gasteiger partial charge in [-0.2, -0.15) is 0 Å². The summed E-state index contributed by atoms with van der Waals surface area (Å²) in [5.74, 6) is 0.983. The van der Waals surface area contributed by atoms with Crippen LogP contribution in [-0.2, 0) is 4.74 Å². The monoisotopic (exact) mass is 278 g/mol. The molecule has 2 rings (SSSR count). The maximum absolute atomic E-state index is 5.78. The lowest BCUT2D eigenvalue weighted by atomic mass is 10.1. The molecule has 4 heteroatoms. The molecule has 4 nitrogen and oxygen atoms in total. The van der Waals surface area contributed by atoms with Gasteiger partial charge in [0, 0.05) is 31.2 Å². The highest BCUT2D eigenvalue weighted by atomic mass is 16.5. The Balaban J connectivity index is 2.00. The van der Waals surface area contributed by atoms with E-state index in [4.69, 9.17) is 9.47 Å². The van der Waals surface area contributed by atoms with Gasteiger partial charge in [-0.05, 0) is 27.0 Å². The molecule has 1 aliphatic rings. The number of hydrogen-bond acceptors (Lipinski definition) is 4. The molecule has 1 aromatic rings. The molecule has 2 atom stereocenters. The number of nitrogens with one attached hydrogen (secondary N) is 1. The number of ether oxygens (including phenoxy) is 2. The van der Waals surface area contributed by atoms with E-state index in [9.17, 15) is 0 Å². The molecule has 1 aromatic carbocycles. The second-order valence-corrected chi connectivity index (χ2v) is 5.28. The Kier molecular flexibility index (Phi) is 5.83. The highest BCUT2D eigenvalue weighted by molar-refractivity contribution is 5.35. The number of likely N-dealkylation sites (N-methyl/N-ethyl adjacent to an activating group) is 1. The molecule has 0 saturated carbocycles. The first-order valence-corrected chi connectivity index (χ1v) is 7.46. The van der Waals surface area contributed by atoms with E-state index < -0.39 is 0 Å². The zero-order valence-electron chi connectivity index (χ0n) is 12.8. The summed E-state index contributed by atoms with van der Waals surface area (Å²) in [7, 11) is 2.14. The molecule has 1 aliphatic heterocycles. The van der Waals surface area contributed by atoms with Crippen molar-refractivity contribution < 1.29 is 9.47 Å². The molecule has 112 valence electrons. The average Bonchev–Trinajstić information content (AvgIpc) is 2.48. The van der Waals surface area contributed by atoms with Crippen LogP contribution in [0.3, 0.4) is 0 Å². The van der Waals surface area contributed by atoms with Crippen molar-refractivity contribution in [3.63, 3.8) is 0 Å². The standard InChI is InChI=1S/C16H26N2O2/c1-4-19-16-8-6-5-7-15(16)13(2)18(3)12-14-11-17-9-10-20-14/h5-8,13-14,17H,4,9-12H2,1-3H3. The van der Waals surface area contributed by atoms with Crippen molar-refractivity contribution in [2.75, 3.05) is 39.9 Å². The number of hydrogen-bond donors (Lipinski definition) is 1. The molecule has 0 bridgehead atoms. The van der Waals surface area contributed by atoms with Crippen LogP contribution in [0.2, 0.25) is 0 Å². The Bertz CT molecular complexity index is 405. The first kappa shape index (κ1) is 15.3. The molecule has 20 heavy (non-hydrogen) atoms. The lowest BCUT2D eigenvalue weighted by Gasteiger charge is -2.32. The Hall–Kier alpha value is -1.10. The third kappa shape index (κ3) is 3.95. The van der Waals surface area contributed by atoms with Crippen LogP contribution in [0.5, 0.6) is 5.75 Å². The lowest BCUT2D eigenvalue weighted by molar-refractivity contribution is 0.00375. The van der Waals surface area contributed by atoms with E-state index in [0.29, 0.717) is 12.6 Å². The van der Waals surface area contributed by atoms with E-state index in [1.54, 1.807) is 0 Å². The lowest BCUT2D eigenvalue weighted by Crippen LogP contribution is -2.44. The van der Waals surface area contributed by atoms with Gasteiger partial charge in [0.2, 0.25) is 0 Å². The van der Waals surface area contributed by atoms with Gasteiger partial charge in [0.25, 0.3) is 0 Å². The van der Waals surface area contributed by atoms with E-state index in [2.05, 4.69) is 36.3 Å². The van der Waals surface area contributed by atoms with E-state index in [0.717, 1.165) is 32.0 Å².